The average Bonchev–Trinajstić information content (AvgIpc) is 2.89. The Labute approximate surface area is 112 Å². The summed E-state index contributed by atoms with van der Waals surface area (Å²) in [6.45, 7) is 3.36. The van der Waals surface area contributed by atoms with Crippen LogP contribution in [0.5, 0.6) is 0 Å². The van der Waals surface area contributed by atoms with Gasteiger partial charge in [-0.25, -0.2) is 4.98 Å². The van der Waals surface area contributed by atoms with Crippen molar-refractivity contribution in [2.24, 2.45) is 0 Å². The van der Waals surface area contributed by atoms with E-state index in [4.69, 9.17) is 0 Å². The number of aromatic nitrogens is 2. The Morgan fingerprint density at radius 1 is 1.17 bits per heavy atom. The van der Waals surface area contributed by atoms with E-state index in [0.717, 1.165) is 17.9 Å². The summed E-state index contributed by atoms with van der Waals surface area (Å²) in [7, 11) is 0. The van der Waals surface area contributed by atoms with Crippen molar-refractivity contribution in [2.45, 2.75) is 6.54 Å². The molecule has 1 saturated heterocycles. The third-order valence-electron chi connectivity index (χ3n) is 3.17. The number of thioether (sulfide) groups is 1. The zero-order chi connectivity index (χ0) is 12.2. The van der Waals surface area contributed by atoms with E-state index in [1.165, 1.54) is 30.3 Å². The summed E-state index contributed by atoms with van der Waals surface area (Å²) >= 11 is 2.04. The molecule has 0 saturated carbocycles. The first-order valence-electron chi connectivity index (χ1n) is 6.31. The van der Waals surface area contributed by atoms with Crippen molar-refractivity contribution in [2.75, 3.05) is 24.6 Å². The first-order valence-corrected chi connectivity index (χ1v) is 7.47. The standard InChI is InChI=1S/C14H17N3S/c1-2-4-12(5-3-1)14-15-10-13(16-14)11-17-6-8-18-9-7-17/h1-5,10H,6-9,11H2,(H,15,16). The molecule has 2 heterocycles. The fourth-order valence-electron chi connectivity index (χ4n) is 2.18. The number of benzene rings is 1. The Bertz CT molecular complexity index is 489. The minimum absolute atomic E-state index is 0.969. The highest BCUT2D eigenvalue weighted by Gasteiger charge is 2.12. The van der Waals surface area contributed by atoms with Gasteiger partial charge in [0.1, 0.15) is 5.82 Å². The van der Waals surface area contributed by atoms with Crippen molar-refractivity contribution >= 4 is 11.8 Å². The molecule has 0 spiro atoms. The Balaban J connectivity index is 1.69. The molecule has 0 aliphatic carbocycles. The monoisotopic (exact) mass is 259 g/mol. The van der Waals surface area contributed by atoms with Gasteiger partial charge in [0.15, 0.2) is 0 Å². The third kappa shape index (κ3) is 2.76. The molecular formula is C14H17N3S. The molecule has 1 N–H and O–H groups in total. The molecule has 0 amide bonds. The second kappa shape index (κ2) is 5.59. The van der Waals surface area contributed by atoms with Crippen molar-refractivity contribution in [3.05, 3.63) is 42.2 Å². The molecule has 4 heteroatoms. The van der Waals surface area contributed by atoms with Crippen LogP contribution >= 0.6 is 11.8 Å². The molecule has 0 bridgehead atoms. The lowest BCUT2D eigenvalue weighted by molar-refractivity contribution is 0.291. The smallest absolute Gasteiger partial charge is 0.137 e. The van der Waals surface area contributed by atoms with Gasteiger partial charge in [-0.2, -0.15) is 11.8 Å². The Hall–Kier alpha value is -1.26. The summed E-state index contributed by atoms with van der Waals surface area (Å²) in [6.07, 6.45) is 1.96. The Kier molecular flexibility index (Phi) is 3.67. The number of imidazole rings is 1. The number of nitrogens with one attached hydrogen (secondary N) is 1. The predicted octanol–water partition coefficient (Wildman–Crippen LogP) is 2.63. The molecule has 1 aliphatic heterocycles. The number of hydrogen-bond acceptors (Lipinski definition) is 3. The van der Waals surface area contributed by atoms with Crippen LogP contribution in [-0.2, 0) is 6.54 Å². The highest BCUT2D eigenvalue weighted by Crippen LogP contribution is 2.17. The number of nitrogens with zero attached hydrogens (tertiary/aromatic N) is 2. The van der Waals surface area contributed by atoms with Gasteiger partial charge in [-0.1, -0.05) is 30.3 Å². The van der Waals surface area contributed by atoms with Crippen LogP contribution in [-0.4, -0.2) is 39.5 Å². The SMILES string of the molecule is c1ccc(-c2ncc(CN3CCSCC3)[nH]2)cc1. The van der Waals surface area contributed by atoms with Crippen LogP contribution in [0.3, 0.4) is 0 Å². The van der Waals surface area contributed by atoms with Crippen molar-refractivity contribution < 1.29 is 0 Å². The maximum Gasteiger partial charge on any atom is 0.137 e. The zero-order valence-corrected chi connectivity index (χ0v) is 11.1. The summed E-state index contributed by atoms with van der Waals surface area (Å²) in [6, 6.07) is 10.3. The molecule has 1 aliphatic rings. The van der Waals surface area contributed by atoms with Gasteiger partial charge < -0.3 is 4.98 Å². The summed E-state index contributed by atoms with van der Waals surface area (Å²) < 4.78 is 0. The maximum absolute atomic E-state index is 4.46. The van der Waals surface area contributed by atoms with E-state index in [1.807, 2.05) is 36.2 Å². The molecule has 2 aromatic rings. The molecular weight excluding hydrogens is 242 g/mol. The van der Waals surface area contributed by atoms with Gasteiger partial charge in [0.05, 0.1) is 0 Å². The summed E-state index contributed by atoms with van der Waals surface area (Å²) in [4.78, 5) is 10.4. The lowest BCUT2D eigenvalue weighted by Gasteiger charge is -2.25. The summed E-state index contributed by atoms with van der Waals surface area (Å²) in [5.41, 5.74) is 2.36. The van der Waals surface area contributed by atoms with Gasteiger partial charge in [0, 0.05) is 48.6 Å². The third-order valence-corrected chi connectivity index (χ3v) is 4.12. The quantitative estimate of drug-likeness (QED) is 0.919. The van der Waals surface area contributed by atoms with Gasteiger partial charge in [-0.3, -0.25) is 4.90 Å². The molecule has 1 aromatic carbocycles. The molecule has 3 rings (SSSR count). The lowest BCUT2D eigenvalue weighted by atomic mass is 10.2. The van der Waals surface area contributed by atoms with Crippen LogP contribution in [0.15, 0.2) is 36.5 Å². The lowest BCUT2D eigenvalue weighted by Crippen LogP contribution is -2.32. The number of hydrogen-bond donors (Lipinski definition) is 1. The highest BCUT2D eigenvalue weighted by atomic mass is 32.2. The predicted molar refractivity (Wildman–Crippen MR) is 76.6 cm³/mol. The van der Waals surface area contributed by atoms with Crippen LogP contribution < -0.4 is 0 Å². The van der Waals surface area contributed by atoms with Crippen LogP contribution in [0, 0.1) is 0 Å². The molecule has 0 unspecified atom stereocenters. The average molecular weight is 259 g/mol. The van der Waals surface area contributed by atoms with E-state index in [9.17, 15) is 0 Å². The van der Waals surface area contributed by atoms with E-state index in [1.54, 1.807) is 0 Å². The van der Waals surface area contributed by atoms with E-state index in [-0.39, 0.29) is 0 Å². The molecule has 18 heavy (non-hydrogen) atoms. The van der Waals surface area contributed by atoms with Crippen molar-refractivity contribution in [1.82, 2.24) is 14.9 Å². The first-order chi connectivity index (χ1) is 8.92. The Morgan fingerprint density at radius 3 is 2.72 bits per heavy atom. The van der Waals surface area contributed by atoms with Crippen LogP contribution in [0.2, 0.25) is 0 Å². The molecule has 94 valence electrons. The fourth-order valence-corrected chi connectivity index (χ4v) is 3.16. The summed E-state index contributed by atoms with van der Waals surface area (Å²) in [5.74, 6) is 3.47. The van der Waals surface area contributed by atoms with Crippen molar-refractivity contribution in [1.29, 1.82) is 0 Å². The van der Waals surface area contributed by atoms with E-state index in [0.29, 0.717) is 0 Å². The normalized spacial score (nSPS) is 16.9. The summed E-state index contributed by atoms with van der Waals surface area (Å²) in [5, 5.41) is 0. The van der Waals surface area contributed by atoms with Crippen LogP contribution in [0.1, 0.15) is 5.69 Å². The van der Waals surface area contributed by atoms with Gasteiger partial charge in [-0.15, -0.1) is 0 Å². The first kappa shape index (κ1) is 11.8. The molecule has 0 atom stereocenters. The largest absolute Gasteiger partial charge is 0.341 e. The number of aromatic amines is 1. The van der Waals surface area contributed by atoms with Crippen molar-refractivity contribution in [3.8, 4) is 11.4 Å². The van der Waals surface area contributed by atoms with E-state index in [2.05, 4.69) is 27.0 Å². The fraction of sp³-hybridized carbons (Fsp3) is 0.357. The zero-order valence-electron chi connectivity index (χ0n) is 10.3. The number of H-pyrrole nitrogens is 1. The minimum atomic E-state index is 0.969. The van der Waals surface area contributed by atoms with E-state index >= 15 is 0 Å². The highest BCUT2D eigenvalue weighted by molar-refractivity contribution is 7.99. The maximum atomic E-state index is 4.46. The molecule has 0 radical (unpaired) electrons. The van der Waals surface area contributed by atoms with Crippen LogP contribution in [0.4, 0.5) is 0 Å². The number of rotatable bonds is 3. The molecule has 3 nitrogen and oxygen atoms in total. The topological polar surface area (TPSA) is 31.9 Å². The second-order valence-corrected chi connectivity index (χ2v) is 5.74. The minimum Gasteiger partial charge on any atom is -0.341 e. The van der Waals surface area contributed by atoms with Gasteiger partial charge in [-0.05, 0) is 0 Å². The van der Waals surface area contributed by atoms with Gasteiger partial charge >= 0.3 is 0 Å². The molecule has 1 fully saturated rings. The van der Waals surface area contributed by atoms with Crippen molar-refractivity contribution in [3.63, 3.8) is 0 Å². The van der Waals surface area contributed by atoms with Gasteiger partial charge in [0.2, 0.25) is 0 Å². The Morgan fingerprint density at radius 2 is 1.94 bits per heavy atom. The molecule has 1 aromatic heterocycles. The second-order valence-electron chi connectivity index (χ2n) is 4.51. The van der Waals surface area contributed by atoms with E-state index < -0.39 is 0 Å². The van der Waals surface area contributed by atoms with Crippen LogP contribution in [0.25, 0.3) is 11.4 Å². The van der Waals surface area contributed by atoms with Gasteiger partial charge in [0.25, 0.3) is 0 Å².